The van der Waals surface area contributed by atoms with Gasteiger partial charge in [-0.05, 0) is 49.4 Å². The van der Waals surface area contributed by atoms with Crippen molar-refractivity contribution >= 4 is 5.97 Å². The van der Waals surface area contributed by atoms with Gasteiger partial charge in [0, 0.05) is 6.54 Å². The Bertz CT molecular complexity index is 473. The van der Waals surface area contributed by atoms with Crippen LogP contribution in [0.2, 0.25) is 0 Å². The van der Waals surface area contributed by atoms with Crippen LogP contribution in [0.4, 0.5) is 0 Å². The maximum Gasteiger partial charge on any atom is 0.306 e. The molecule has 1 fully saturated rings. The molecule has 1 aliphatic rings. The van der Waals surface area contributed by atoms with Crippen LogP contribution in [0.25, 0.3) is 0 Å². The summed E-state index contributed by atoms with van der Waals surface area (Å²) in [4.78, 5) is 11.1. The van der Waals surface area contributed by atoms with E-state index < -0.39 is 5.97 Å². The van der Waals surface area contributed by atoms with Gasteiger partial charge in [0.05, 0.1) is 13.0 Å². The maximum absolute atomic E-state index is 11.1. The number of aryl methyl sites for hydroxylation is 1. The molecule has 2 N–H and O–H groups in total. The SMILES string of the molecule is COc1ccc(CNCC2CCCC2C(=O)O)cc1C. The van der Waals surface area contributed by atoms with Gasteiger partial charge in [-0.2, -0.15) is 0 Å². The van der Waals surface area contributed by atoms with Crippen molar-refractivity contribution in [2.75, 3.05) is 13.7 Å². The molecule has 4 nitrogen and oxygen atoms in total. The first kappa shape index (κ1) is 14.9. The van der Waals surface area contributed by atoms with Crippen molar-refractivity contribution in [2.45, 2.75) is 32.7 Å². The minimum absolute atomic E-state index is 0.167. The Morgan fingerprint density at radius 1 is 1.45 bits per heavy atom. The first-order valence-electron chi connectivity index (χ1n) is 7.19. The third kappa shape index (κ3) is 3.51. The molecule has 0 aliphatic heterocycles. The molecule has 1 aromatic rings. The summed E-state index contributed by atoms with van der Waals surface area (Å²) < 4.78 is 5.24. The molecule has 2 rings (SSSR count). The van der Waals surface area contributed by atoms with E-state index >= 15 is 0 Å². The Morgan fingerprint density at radius 3 is 2.90 bits per heavy atom. The van der Waals surface area contributed by atoms with Crippen LogP contribution >= 0.6 is 0 Å². The largest absolute Gasteiger partial charge is 0.496 e. The highest BCUT2D eigenvalue weighted by Crippen LogP contribution is 2.31. The molecule has 0 aromatic heterocycles. The molecule has 1 saturated carbocycles. The van der Waals surface area contributed by atoms with Gasteiger partial charge in [0.1, 0.15) is 5.75 Å². The molecule has 2 unspecified atom stereocenters. The average molecular weight is 277 g/mol. The second kappa shape index (κ2) is 6.75. The molecule has 1 aromatic carbocycles. The van der Waals surface area contributed by atoms with Gasteiger partial charge in [0.25, 0.3) is 0 Å². The summed E-state index contributed by atoms with van der Waals surface area (Å²) in [6.07, 6.45) is 2.87. The van der Waals surface area contributed by atoms with E-state index in [1.807, 2.05) is 19.1 Å². The van der Waals surface area contributed by atoms with Crippen molar-refractivity contribution in [3.8, 4) is 5.75 Å². The van der Waals surface area contributed by atoms with Gasteiger partial charge < -0.3 is 15.2 Å². The Morgan fingerprint density at radius 2 is 2.25 bits per heavy atom. The van der Waals surface area contributed by atoms with E-state index in [1.54, 1.807) is 7.11 Å². The number of nitrogens with one attached hydrogen (secondary N) is 1. The molecule has 4 heteroatoms. The van der Waals surface area contributed by atoms with Crippen molar-refractivity contribution in [2.24, 2.45) is 11.8 Å². The van der Waals surface area contributed by atoms with E-state index in [9.17, 15) is 4.79 Å². The fourth-order valence-electron chi connectivity index (χ4n) is 3.06. The minimum Gasteiger partial charge on any atom is -0.496 e. The van der Waals surface area contributed by atoms with Crippen LogP contribution in [-0.2, 0) is 11.3 Å². The van der Waals surface area contributed by atoms with Crippen molar-refractivity contribution in [1.82, 2.24) is 5.32 Å². The van der Waals surface area contributed by atoms with Crippen LogP contribution in [0.15, 0.2) is 18.2 Å². The Kier molecular flexibility index (Phi) is 5.01. The summed E-state index contributed by atoms with van der Waals surface area (Å²) in [6, 6.07) is 6.12. The predicted octanol–water partition coefficient (Wildman–Crippen LogP) is 2.59. The highest BCUT2D eigenvalue weighted by Gasteiger charge is 2.32. The maximum atomic E-state index is 11.1. The van der Waals surface area contributed by atoms with Crippen LogP contribution < -0.4 is 10.1 Å². The Labute approximate surface area is 120 Å². The van der Waals surface area contributed by atoms with Crippen LogP contribution in [0.3, 0.4) is 0 Å². The lowest BCUT2D eigenvalue weighted by molar-refractivity contribution is -0.142. The second-order valence-corrected chi connectivity index (χ2v) is 5.57. The highest BCUT2D eigenvalue weighted by atomic mass is 16.5. The lowest BCUT2D eigenvalue weighted by Crippen LogP contribution is -2.28. The van der Waals surface area contributed by atoms with Crippen LogP contribution in [0, 0.1) is 18.8 Å². The molecule has 0 amide bonds. The van der Waals surface area contributed by atoms with Crippen molar-refractivity contribution < 1.29 is 14.6 Å². The van der Waals surface area contributed by atoms with E-state index in [2.05, 4.69) is 11.4 Å². The first-order valence-corrected chi connectivity index (χ1v) is 7.19. The molecule has 0 saturated heterocycles. The molecular weight excluding hydrogens is 254 g/mol. The van der Waals surface area contributed by atoms with Gasteiger partial charge in [-0.25, -0.2) is 0 Å². The number of hydrogen-bond donors (Lipinski definition) is 2. The quantitative estimate of drug-likeness (QED) is 0.839. The van der Waals surface area contributed by atoms with Crippen LogP contribution in [0.5, 0.6) is 5.75 Å². The average Bonchev–Trinajstić information content (AvgIpc) is 2.87. The van der Waals surface area contributed by atoms with Gasteiger partial charge in [0.15, 0.2) is 0 Å². The number of ether oxygens (including phenoxy) is 1. The number of carboxylic acid groups (broad SMARTS) is 1. The summed E-state index contributed by atoms with van der Waals surface area (Å²) in [5.74, 6) is 0.358. The molecule has 0 heterocycles. The zero-order valence-corrected chi connectivity index (χ0v) is 12.2. The second-order valence-electron chi connectivity index (χ2n) is 5.57. The summed E-state index contributed by atoms with van der Waals surface area (Å²) >= 11 is 0. The summed E-state index contributed by atoms with van der Waals surface area (Å²) in [5.41, 5.74) is 2.32. The number of benzene rings is 1. The van der Waals surface area contributed by atoms with E-state index in [-0.39, 0.29) is 11.8 Å². The molecular formula is C16H23NO3. The van der Waals surface area contributed by atoms with Gasteiger partial charge in [0.2, 0.25) is 0 Å². The number of carboxylic acids is 1. The molecule has 0 spiro atoms. The monoisotopic (exact) mass is 277 g/mol. The van der Waals surface area contributed by atoms with Crippen molar-refractivity contribution in [3.05, 3.63) is 29.3 Å². The van der Waals surface area contributed by atoms with Crippen LogP contribution in [0.1, 0.15) is 30.4 Å². The number of carbonyl (C=O) groups is 1. The first-order chi connectivity index (χ1) is 9.61. The molecule has 20 heavy (non-hydrogen) atoms. The lowest BCUT2D eigenvalue weighted by atomic mass is 9.96. The zero-order valence-electron chi connectivity index (χ0n) is 12.2. The topological polar surface area (TPSA) is 58.6 Å². The summed E-state index contributed by atoms with van der Waals surface area (Å²) in [5, 5.41) is 12.5. The van der Waals surface area contributed by atoms with Crippen LogP contribution in [-0.4, -0.2) is 24.7 Å². The third-order valence-electron chi connectivity index (χ3n) is 4.17. The zero-order chi connectivity index (χ0) is 14.5. The standard InChI is InChI=1S/C16H23NO3/c1-11-8-12(6-7-15(11)20-2)9-17-10-13-4-3-5-14(13)16(18)19/h6-8,13-14,17H,3-5,9-10H2,1-2H3,(H,18,19). The Hall–Kier alpha value is -1.55. The highest BCUT2D eigenvalue weighted by molar-refractivity contribution is 5.70. The fourth-order valence-corrected chi connectivity index (χ4v) is 3.06. The van der Waals surface area contributed by atoms with E-state index in [0.29, 0.717) is 0 Å². The van der Waals surface area contributed by atoms with Crippen molar-refractivity contribution in [3.63, 3.8) is 0 Å². The molecule has 2 atom stereocenters. The normalized spacial score (nSPS) is 21.9. The number of aliphatic carboxylic acids is 1. The summed E-state index contributed by atoms with van der Waals surface area (Å²) in [7, 11) is 1.67. The van der Waals surface area contributed by atoms with E-state index in [0.717, 1.165) is 43.7 Å². The van der Waals surface area contributed by atoms with Gasteiger partial charge in [-0.1, -0.05) is 18.6 Å². The van der Waals surface area contributed by atoms with E-state index in [1.165, 1.54) is 5.56 Å². The molecule has 0 bridgehead atoms. The molecule has 1 aliphatic carbocycles. The predicted molar refractivity (Wildman–Crippen MR) is 77.9 cm³/mol. The third-order valence-corrected chi connectivity index (χ3v) is 4.17. The molecule has 0 radical (unpaired) electrons. The summed E-state index contributed by atoms with van der Waals surface area (Å²) in [6.45, 7) is 3.58. The van der Waals surface area contributed by atoms with Gasteiger partial charge in [-0.3, -0.25) is 4.79 Å². The van der Waals surface area contributed by atoms with Gasteiger partial charge >= 0.3 is 5.97 Å². The fraction of sp³-hybridized carbons (Fsp3) is 0.562. The van der Waals surface area contributed by atoms with E-state index in [4.69, 9.17) is 9.84 Å². The number of methoxy groups -OCH3 is 1. The number of rotatable bonds is 6. The van der Waals surface area contributed by atoms with Gasteiger partial charge in [-0.15, -0.1) is 0 Å². The Balaban J connectivity index is 1.84. The lowest BCUT2D eigenvalue weighted by Gasteiger charge is -2.16. The van der Waals surface area contributed by atoms with Crippen molar-refractivity contribution in [1.29, 1.82) is 0 Å². The smallest absolute Gasteiger partial charge is 0.306 e. The molecule has 110 valence electrons. The number of hydrogen-bond acceptors (Lipinski definition) is 3. The minimum atomic E-state index is -0.644.